The summed E-state index contributed by atoms with van der Waals surface area (Å²) in [4.78, 5) is 29.0. The molecule has 3 heterocycles. The summed E-state index contributed by atoms with van der Waals surface area (Å²) in [5.41, 5.74) is 9.52. The second-order valence-electron chi connectivity index (χ2n) is 8.26. The number of nitrogens with one attached hydrogen (secondary N) is 1. The molecule has 3 aromatic rings. The van der Waals surface area contributed by atoms with Crippen LogP contribution in [0, 0.1) is 6.92 Å². The van der Waals surface area contributed by atoms with Gasteiger partial charge in [0, 0.05) is 31.2 Å². The van der Waals surface area contributed by atoms with Crippen molar-refractivity contribution in [2.24, 2.45) is 5.73 Å². The number of carbonyl (C=O) groups excluding carboxylic acids is 1. The van der Waals surface area contributed by atoms with Crippen LogP contribution in [0.3, 0.4) is 0 Å². The Balaban J connectivity index is 1.52. The Morgan fingerprint density at radius 1 is 1.12 bits per heavy atom. The zero-order chi connectivity index (χ0) is 22.3. The second-order valence-corrected chi connectivity index (χ2v) is 8.26. The van der Waals surface area contributed by atoms with E-state index in [9.17, 15) is 4.79 Å². The van der Waals surface area contributed by atoms with E-state index in [-0.39, 0.29) is 5.91 Å². The number of nitrogens with zero attached hydrogens (tertiary/aromatic N) is 5. The van der Waals surface area contributed by atoms with Crippen molar-refractivity contribution in [2.45, 2.75) is 45.2 Å². The summed E-state index contributed by atoms with van der Waals surface area (Å²) in [5, 5.41) is 3.14. The minimum atomic E-state index is -0.432. The Kier molecular flexibility index (Phi) is 7.24. The van der Waals surface area contributed by atoms with E-state index in [0.717, 1.165) is 49.3 Å². The van der Waals surface area contributed by atoms with Gasteiger partial charge in [0.25, 0.3) is 0 Å². The lowest BCUT2D eigenvalue weighted by atomic mass is 10.0. The quantitative estimate of drug-likeness (QED) is 0.565. The molecule has 1 aliphatic heterocycles. The number of nitrogens with two attached hydrogens (primary N) is 1. The van der Waals surface area contributed by atoms with Crippen LogP contribution in [0.5, 0.6) is 0 Å². The summed E-state index contributed by atoms with van der Waals surface area (Å²) in [5.74, 6) is 0.521. The first-order chi connectivity index (χ1) is 15.6. The van der Waals surface area contributed by atoms with Gasteiger partial charge in [-0.3, -0.25) is 14.3 Å². The minimum absolute atomic E-state index is 0.0137. The van der Waals surface area contributed by atoms with Gasteiger partial charge in [-0.1, -0.05) is 30.7 Å². The summed E-state index contributed by atoms with van der Waals surface area (Å²) in [6.45, 7) is 4.82. The first-order valence-electron chi connectivity index (χ1n) is 11.3. The van der Waals surface area contributed by atoms with Gasteiger partial charge in [-0.2, -0.15) is 0 Å². The smallest absolute Gasteiger partial charge is 0.243 e. The fraction of sp³-hybridized carbons (Fsp3) is 0.417. The number of amides is 1. The van der Waals surface area contributed by atoms with E-state index in [1.54, 1.807) is 17.1 Å². The SMILES string of the molecule is Cc1cc(C(C(=O)NCCc2ccc(CN)cc2)N2CCCCC2)nc(-n2ccnc2)n1. The Labute approximate surface area is 188 Å². The van der Waals surface area contributed by atoms with Crippen LogP contribution in [0.15, 0.2) is 49.1 Å². The molecule has 1 fully saturated rings. The van der Waals surface area contributed by atoms with Gasteiger partial charge in [0.2, 0.25) is 11.9 Å². The molecule has 0 spiro atoms. The van der Waals surface area contributed by atoms with Crippen LogP contribution >= 0.6 is 0 Å². The molecule has 1 amide bonds. The molecular formula is C24H31N7O. The summed E-state index contributed by atoms with van der Waals surface area (Å²) < 4.78 is 1.77. The molecule has 4 rings (SSSR count). The molecule has 0 aliphatic carbocycles. The zero-order valence-corrected chi connectivity index (χ0v) is 18.6. The molecular weight excluding hydrogens is 402 g/mol. The van der Waals surface area contributed by atoms with Crippen molar-refractivity contribution in [3.8, 4) is 5.95 Å². The van der Waals surface area contributed by atoms with Gasteiger partial charge in [-0.25, -0.2) is 15.0 Å². The predicted molar refractivity (Wildman–Crippen MR) is 123 cm³/mol. The summed E-state index contributed by atoms with van der Waals surface area (Å²) in [6.07, 6.45) is 9.33. The maximum absolute atomic E-state index is 13.4. The highest BCUT2D eigenvalue weighted by molar-refractivity contribution is 5.82. The van der Waals surface area contributed by atoms with Crippen molar-refractivity contribution in [1.82, 2.24) is 29.7 Å². The van der Waals surface area contributed by atoms with E-state index < -0.39 is 6.04 Å². The first-order valence-corrected chi connectivity index (χ1v) is 11.3. The number of aryl methyl sites for hydroxylation is 1. The number of hydrogen-bond acceptors (Lipinski definition) is 6. The van der Waals surface area contributed by atoms with Gasteiger partial charge < -0.3 is 11.1 Å². The Bertz CT molecular complexity index is 1010. The molecule has 32 heavy (non-hydrogen) atoms. The number of rotatable bonds is 8. The summed E-state index contributed by atoms with van der Waals surface area (Å²) in [7, 11) is 0. The second kappa shape index (κ2) is 10.5. The molecule has 1 aromatic carbocycles. The van der Waals surface area contributed by atoms with Gasteiger partial charge in [0.05, 0.1) is 5.69 Å². The first kappa shape index (κ1) is 22.1. The maximum atomic E-state index is 13.4. The lowest BCUT2D eigenvalue weighted by Gasteiger charge is -2.33. The lowest BCUT2D eigenvalue weighted by Crippen LogP contribution is -2.44. The fourth-order valence-electron chi connectivity index (χ4n) is 4.14. The van der Waals surface area contributed by atoms with E-state index in [4.69, 9.17) is 10.7 Å². The van der Waals surface area contributed by atoms with Gasteiger partial charge in [-0.05, 0) is 56.5 Å². The summed E-state index contributed by atoms with van der Waals surface area (Å²) >= 11 is 0. The molecule has 3 N–H and O–H groups in total. The third-order valence-electron chi connectivity index (χ3n) is 5.85. The molecule has 1 unspecified atom stereocenters. The standard InChI is InChI=1S/C24H31N7O/c1-18-15-21(29-24(28-18)31-14-11-26-17-31)22(30-12-3-2-4-13-30)23(32)27-10-9-19-5-7-20(16-25)8-6-19/h5-8,11,14-15,17,22H,2-4,9-10,12-13,16,25H2,1H3,(H,27,32). The molecule has 2 aromatic heterocycles. The molecule has 1 saturated heterocycles. The number of carbonyl (C=O) groups is 1. The van der Waals surface area contributed by atoms with Crippen LogP contribution in [0.4, 0.5) is 0 Å². The van der Waals surface area contributed by atoms with Crippen molar-refractivity contribution in [3.63, 3.8) is 0 Å². The van der Waals surface area contributed by atoms with Crippen LogP contribution in [0.25, 0.3) is 5.95 Å². The third kappa shape index (κ3) is 5.38. The van der Waals surface area contributed by atoms with Gasteiger partial charge in [-0.15, -0.1) is 0 Å². The van der Waals surface area contributed by atoms with Crippen molar-refractivity contribution in [2.75, 3.05) is 19.6 Å². The van der Waals surface area contributed by atoms with Crippen molar-refractivity contribution >= 4 is 5.91 Å². The Morgan fingerprint density at radius 2 is 1.88 bits per heavy atom. The Hall–Kier alpha value is -3.10. The van der Waals surface area contributed by atoms with Crippen LogP contribution in [0.2, 0.25) is 0 Å². The number of likely N-dealkylation sites (tertiary alicyclic amines) is 1. The number of imidazole rings is 1. The molecule has 1 aliphatic rings. The molecule has 0 saturated carbocycles. The average Bonchev–Trinajstić information content (AvgIpc) is 3.35. The van der Waals surface area contributed by atoms with E-state index >= 15 is 0 Å². The molecule has 0 bridgehead atoms. The third-order valence-corrected chi connectivity index (χ3v) is 5.85. The highest BCUT2D eigenvalue weighted by Gasteiger charge is 2.30. The maximum Gasteiger partial charge on any atom is 0.243 e. The summed E-state index contributed by atoms with van der Waals surface area (Å²) in [6, 6.07) is 9.71. The highest BCUT2D eigenvalue weighted by Crippen LogP contribution is 2.25. The predicted octanol–water partition coefficient (Wildman–Crippen LogP) is 2.32. The topological polar surface area (TPSA) is 102 Å². The van der Waals surface area contributed by atoms with Crippen LogP contribution in [-0.4, -0.2) is 50.0 Å². The van der Waals surface area contributed by atoms with Crippen molar-refractivity contribution < 1.29 is 4.79 Å². The van der Waals surface area contributed by atoms with Gasteiger partial charge in [0.1, 0.15) is 12.4 Å². The monoisotopic (exact) mass is 433 g/mol. The molecule has 0 radical (unpaired) electrons. The molecule has 8 heteroatoms. The zero-order valence-electron chi connectivity index (χ0n) is 18.6. The van der Waals surface area contributed by atoms with Crippen LogP contribution in [-0.2, 0) is 17.8 Å². The van der Waals surface area contributed by atoms with E-state index in [1.807, 2.05) is 31.3 Å². The van der Waals surface area contributed by atoms with E-state index in [1.165, 1.54) is 12.0 Å². The highest BCUT2D eigenvalue weighted by atomic mass is 16.2. The molecule has 168 valence electrons. The average molecular weight is 434 g/mol. The van der Waals surface area contributed by atoms with Crippen LogP contribution in [0.1, 0.15) is 47.8 Å². The lowest BCUT2D eigenvalue weighted by molar-refractivity contribution is -0.127. The van der Waals surface area contributed by atoms with Gasteiger partial charge in [0.15, 0.2) is 0 Å². The van der Waals surface area contributed by atoms with Crippen LogP contribution < -0.4 is 11.1 Å². The van der Waals surface area contributed by atoms with E-state index in [0.29, 0.717) is 19.0 Å². The van der Waals surface area contributed by atoms with E-state index in [2.05, 4.69) is 32.3 Å². The number of hydrogen-bond donors (Lipinski definition) is 2. The Morgan fingerprint density at radius 3 is 2.56 bits per heavy atom. The fourth-order valence-corrected chi connectivity index (χ4v) is 4.14. The number of benzene rings is 1. The van der Waals surface area contributed by atoms with Gasteiger partial charge >= 0.3 is 0 Å². The largest absolute Gasteiger partial charge is 0.354 e. The number of aromatic nitrogens is 4. The normalized spacial score (nSPS) is 15.4. The van der Waals surface area contributed by atoms with Crippen molar-refractivity contribution in [1.29, 1.82) is 0 Å². The minimum Gasteiger partial charge on any atom is -0.354 e. The van der Waals surface area contributed by atoms with Crippen molar-refractivity contribution in [3.05, 3.63) is 71.6 Å². The molecule has 8 nitrogen and oxygen atoms in total. The molecule has 1 atom stereocenters. The number of piperidine rings is 1.